The monoisotopic (exact) mass is 283 g/mol. The molecule has 0 bridgehead atoms. The van der Waals surface area contributed by atoms with Crippen LogP contribution in [0, 0.1) is 0 Å². The lowest BCUT2D eigenvalue weighted by Gasteiger charge is -2.08. The Kier molecular flexibility index (Phi) is 3.95. The van der Waals surface area contributed by atoms with Crippen molar-refractivity contribution < 1.29 is 13.6 Å². The van der Waals surface area contributed by atoms with E-state index in [4.69, 9.17) is 11.6 Å². The predicted molar refractivity (Wildman–Crippen MR) is 52.2 cm³/mol. The Labute approximate surface area is 92.4 Å². The molecule has 0 saturated carbocycles. The Morgan fingerprint density at radius 1 is 1.64 bits per heavy atom. The normalized spacial score (nSPS) is 10.6. The molecule has 0 amide bonds. The average molecular weight is 284 g/mol. The molecule has 0 aromatic carbocycles. The van der Waals surface area contributed by atoms with Crippen LogP contribution < -0.4 is 0 Å². The van der Waals surface area contributed by atoms with Gasteiger partial charge in [-0.15, -0.1) is 0 Å². The molecular weight excluding hydrogens is 279 g/mol. The lowest BCUT2D eigenvalue weighted by Crippen LogP contribution is -2.02. The van der Waals surface area contributed by atoms with Gasteiger partial charge in [0.25, 0.3) is 6.43 Å². The Hall–Kier alpha value is -0.550. The SMILES string of the molecule is O=Cc1cc(Cl)nc(CBr)c1C(F)F. The van der Waals surface area contributed by atoms with Crippen molar-refractivity contribution in [2.24, 2.45) is 0 Å². The van der Waals surface area contributed by atoms with Crippen LogP contribution in [0.25, 0.3) is 0 Å². The molecule has 1 aromatic rings. The summed E-state index contributed by atoms with van der Waals surface area (Å²) in [7, 11) is 0. The number of nitrogens with zero attached hydrogens (tertiary/aromatic N) is 1. The van der Waals surface area contributed by atoms with Crippen LogP contribution in [0.15, 0.2) is 6.07 Å². The van der Waals surface area contributed by atoms with Crippen LogP contribution in [-0.4, -0.2) is 11.3 Å². The largest absolute Gasteiger partial charge is 0.298 e. The van der Waals surface area contributed by atoms with E-state index in [-0.39, 0.29) is 27.3 Å². The predicted octanol–water partition coefficient (Wildman–Crippen LogP) is 3.38. The molecule has 0 saturated heterocycles. The third-order valence-corrected chi connectivity index (χ3v) is 2.33. The highest BCUT2D eigenvalue weighted by Crippen LogP contribution is 2.28. The van der Waals surface area contributed by atoms with Gasteiger partial charge < -0.3 is 0 Å². The lowest BCUT2D eigenvalue weighted by molar-refractivity contribution is 0.110. The Morgan fingerprint density at radius 2 is 2.29 bits per heavy atom. The highest BCUT2D eigenvalue weighted by molar-refractivity contribution is 9.08. The first-order valence-electron chi connectivity index (χ1n) is 3.58. The minimum absolute atomic E-state index is 0.0333. The minimum atomic E-state index is -2.73. The Balaban J connectivity index is 3.40. The fraction of sp³-hybridized carbons (Fsp3) is 0.250. The quantitative estimate of drug-likeness (QED) is 0.484. The van der Waals surface area contributed by atoms with Gasteiger partial charge in [0, 0.05) is 10.9 Å². The van der Waals surface area contributed by atoms with Crippen molar-refractivity contribution >= 4 is 33.8 Å². The van der Waals surface area contributed by atoms with E-state index in [9.17, 15) is 13.6 Å². The molecule has 0 N–H and O–H groups in total. The summed E-state index contributed by atoms with van der Waals surface area (Å²) in [6.45, 7) is 0. The van der Waals surface area contributed by atoms with E-state index in [1.54, 1.807) is 0 Å². The summed E-state index contributed by atoms with van der Waals surface area (Å²) in [4.78, 5) is 14.2. The smallest absolute Gasteiger partial charge is 0.266 e. The van der Waals surface area contributed by atoms with Crippen LogP contribution >= 0.6 is 27.5 Å². The summed E-state index contributed by atoms with van der Waals surface area (Å²) < 4.78 is 25.1. The highest BCUT2D eigenvalue weighted by Gasteiger charge is 2.19. The topological polar surface area (TPSA) is 30.0 Å². The maximum atomic E-state index is 12.5. The molecule has 0 aliphatic heterocycles. The Bertz CT molecular complexity index is 359. The number of aldehydes is 1. The second-order valence-corrected chi connectivity index (χ2v) is 3.39. The van der Waals surface area contributed by atoms with Gasteiger partial charge in [0.2, 0.25) is 0 Å². The number of alkyl halides is 3. The lowest BCUT2D eigenvalue weighted by atomic mass is 10.1. The van der Waals surface area contributed by atoms with Gasteiger partial charge in [-0.25, -0.2) is 13.8 Å². The van der Waals surface area contributed by atoms with Crippen LogP contribution in [0.1, 0.15) is 28.0 Å². The zero-order valence-electron chi connectivity index (χ0n) is 6.81. The van der Waals surface area contributed by atoms with Gasteiger partial charge in [-0.1, -0.05) is 27.5 Å². The van der Waals surface area contributed by atoms with Crippen LogP contribution in [-0.2, 0) is 5.33 Å². The summed E-state index contributed by atoms with van der Waals surface area (Å²) in [5.41, 5.74) is -0.384. The van der Waals surface area contributed by atoms with Crippen LogP contribution in [0.5, 0.6) is 0 Å². The van der Waals surface area contributed by atoms with Crippen molar-refractivity contribution in [1.82, 2.24) is 4.98 Å². The molecule has 2 nitrogen and oxygen atoms in total. The highest BCUT2D eigenvalue weighted by atomic mass is 79.9. The van der Waals surface area contributed by atoms with Gasteiger partial charge in [-0.05, 0) is 6.07 Å². The van der Waals surface area contributed by atoms with E-state index in [1.807, 2.05) is 0 Å². The van der Waals surface area contributed by atoms with E-state index in [1.165, 1.54) is 0 Å². The zero-order valence-corrected chi connectivity index (χ0v) is 9.15. The summed E-state index contributed by atoms with van der Waals surface area (Å²) in [6, 6.07) is 1.13. The molecule has 0 aliphatic carbocycles. The summed E-state index contributed by atoms with van der Waals surface area (Å²) in [5.74, 6) is 0. The van der Waals surface area contributed by atoms with Crippen LogP contribution in [0.4, 0.5) is 8.78 Å². The van der Waals surface area contributed by atoms with Gasteiger partial charge in [0.15, 0.2) is 6.29 Å². The molecular formula is C8H5BrClF2NO. The number of halogens is 4. The Morgan fingerprint density at radius 3 is 2.71 bits per heavy atom. The number of hydrogen-bond donors (Lipinski definition) is 0. The minimum Gasteiger partial charge on any atom is -0.298 e. The van der Waals surface area contributed by atoms with Crippen LogP contribution in [0.2, 0.25) is 5.15 Å². The molecule has 0 atom stereocenters. The molecule has 14 heavy (non-hydrogen) atoms. The zero-order chi connectivity index (χ0) is 10.7. The van der Waals surface area contributed by atoms with Crippen molar-refractivity contribution in [3.05, 3.63) is 28.0 Å². The molecule has 1 rings (SSSR count). The van der Waals surface area contributed by atoms with E-state index < -0.39 is 6.43 Å². The second kappa shape index (κ2) is 4.79. The van der Waals surface area contributed by atoms with E-state index in [0.717, 1.165) is 6.07 Å². The second-order valence-electron chi connectivity index (χ2n) is 2.45. The van der Waals surface area contributed by atoms with Crippen molar-refractivity contribution in [3.8, 4) is 0 Å². The summed E-state index contributed by atoms with van der Waals surface area (Å²) in [5, 5.41) is 0.166. The first kappa shape index (κ1) is 11.5. The fourth-order valence-corrected chi connectivity index (χ4v) is 1.69. The third kappa shape index (κ3) is 2.27. The molecule has 76 valence electrons. The van der Waals surface area contributed by atoms with Gasteiger partial charge in [0.05, 0.1) is 11.3 Å². The number of pyridine rings is 1. The number of hydrogen-bond acceptors (Lipinski definition) is 2. The number of carbonyl (C=O) groups excluding carboxylic acids is 1. The molecule has 1 aromatic heterocycles. The van der Waals surface area contributed by atoms with E-state index >= 15 is 0 Å². The van der Waals surface area contributed by atoms with E-state index in [0.29, 0.717) is 6.29 Å². The molecule has 1 heterocycles. The average Bonchev–Trinajstić information content (AvgIpc) is 2.15. The first-order chi connectivity index (χ1) is 6.60. The maximum absolute atomic E-state index is 12.5. The molecule has 0 unspecified atom stereocenters. The van der Waals surface area contributed by atoms with Crippen molar-refractivity contribution in [3.63, 3.8) is 0 Å². The van der Waals surface area contributed by atoms with Crippen molar-refractivity contribution in [1.29, 1.82) is 0 Å². The van der Waals surface area contributed by atoms with Gasteiger partial charge in [0.1, 0.15) is 5.15 Å². The molecule has 0 radical (unpaired) electrons. The maximum Gasteiger partial charge on any atom is 0.266 e. The molecule has 0 fully saturated rings. The van der Waals surface area contributed by atoms with Gasteiger partial charge >= 0.3 is 0 Å². The number of rotatable bonds is 3. The third-order valence-electron chi connectivity index (χ3n) is 1.61. The van der Waals surface area contributed by atoms with Gasteiger partial charge in [-0.3, -0.25) is 4.79 Å². The standard InChI is InChI=1S/C8H5BrClF2NO/c9-2-5-7(8(11)12)4(3-14)1-6(10)13-5/h1,3,8H,2H2. The summed E-state index contributed by atoms with van der Waals surface area (Å²) in [6.07, 6.45) is -2.38. The van der Waals surface area contributed by atoms with E-state index in [2.05, 4.69) is 20.9 Å². The molecule has 6 heteroatoms. The van der Waals surface area contributed by atoms with Crippen LogP contribution in [0.3, 0.4) is 0 Å². The number of aromatic nitrogens is 1. The molecule has 0 spiro atoms. The van der Waals surface area contributed by atoms with Crippen molar-refractivity contribution in [2.75, 3.05) is 0 Å². The first-order valence-corrected chi connectivity index (χ1v) is 5.08. The molecule has 0 aliphatic rings. The number of carbonyl (C=O) groups is 1. The van der Waals surface area contributed by atoms with Gasteiger partial charge in [-0.2, -0.15) is 0 Å². The fourth-order valence-electron chi connectivity index (χ4n) is 1.05. The van der Waals surface area contributed by atoms with Crippen molar-refractivity contribution in [2.45, 2.75) is 11.8 Å². The summed E-state index contributed by atoms with van der Waals surface area (Å²) >= 11 is 8.55.